The lowest BCUT2D eigenvalue weighted by Crippen LogP contribution is -2.61. The number of anilines is 1. The van der Waals surface area contributed by atoms with Crippen LogP contribution in [0.25, 0.3) is 0 Å². The van der Waals surface area contributed by atoms with Crippen molar-refractivity contribution in [3.63, 3.8) is 0 Å². The highest BCUT2D eigenvalue weighted by Gasteiger charge is 2.64. The van der Waals surface area contributed by atoms with Crippen LogP contribution < -0.4 is 15.0 Å². The first-order chi connectivity index (χ1) is 35.5. The molecule has 1 aromatic rings. The Hall–Kier alpha value is -3.24. The maximum Gasteiger partial charge on any atom is 0.409 e. The molecule has 75 heavy (non-hydrogen) atoms. The van der Waals surface area contributed by atoms with Crippen molar-refractivity contribution >= 4 is 68.5 Å². The highest BCUT2D eigenvalue weighted by atomic mass is 35.5. The van der Waals surface area contributed by atoms with Gasteiger partial charge in [-0.1, -0.05) is 155 Å². The molecule has 1 aliphatic carbocycles. The summed E-state index contributed by atoms with van der Waals surface area (Å²) in [5.41, 5.74) is -0.608. The number of hydrogen-bond acceptors (Lipinski definition) is 12. The Balaban J connectivity index is 1.22. The lowest BCUT2D eigenvalue weighted by molar-refractivity contribution is -0.161. The molecule has 1 saturated carbocycles. The van der Waals surface area contributed by atoms with E-state index >= 15 is 0 Å². The first kappa shape index (κ1) is 62.6. The third-order valence-electron chi connectivity index (χ3n) is 16.5. The molecule has 3 amide bonds. The molecule has 1 aromatic carbocycles. The summed E-state index contributed by atoms with van der Waals surface area (Å²) >= 11 is 6.87. The van der Waals surface area contributed by atoms with Crippen LogP contribution >= 0.6 is 33.2 Å². The number of rotatable bonds is 14. The summed E-state index contributed by atoms with van der Waals surface area (Å²) in [5.74, 6) is -0.0130. The van der Waals surface area contributed by atoms with Crippen molar-refractivity contribution < 1.29 is 48.0 Å². The zero-order valence-electron chi connectivity index (χ0n) is 47.3. The van der Waals surface area contributed by atoms with Crippen LogP contribution in [0.15, 0.2) is 35.9 Å². The number of ether oxygens (including phenoxy) is 4. The number of methoxy groups -OCH3 is 1. The number of Topliss-reactive ketones (excluding diaryl/α,β-unsaturated/α-hetero) is 1. The average molecular weight is 1100 g/mol. The number of nitrogens with one attached hydrogen (secondary N) is 1. The highest BCUT2D eigenvalue weighted by Crippen LogP contribution is 2.50. The van der Waals surface area contributed by atoms with Gasteiger partial charge in [0, 0.05) is 61.6 Å². The maximum atomic E-state index is 14.4. The van der Waals surface area contributed by atoms with Crippen LogP contribution in [0.3, 0.4) is 0 Å². The molecule has 16 heteroatoms. The average Bonchev–Trinajstić information content (AvgIpc) is 4.06. The predicted octanol–water partition coefficient (Wildman–Crippen LogP) is 13.2. The highest BCUT2D eigenvalue weighted by molar-refractivity contribution is 8.77. The van der Waals surface area contributed by atoms with E-state index in [0.29, 0.717) is 42.2 Å². The Kier molecular flexibility index (Phi) is 24.3. The topological polar surface area (TPSA) is 164 Å². The second-order valence-corrected chi connectivity index (χ2v) is 26.6. The van der Waals surface area contributed by atoms with Gasteiger partial charge in [-0.2, -0.15) is 0 Å². The molecular weight excluding hydrogens is 1010 g/mol. The molecule has 0 radical (unpaired) electrons. The predicted molar refractivity (Wildman–Crippen MR) is 304 cm³/mol. The van der Waals surface area contributed by atoms with E-state index in [0.717, 1.165) is 49.2 Å². The molecule has 8 atom stereocenters. The van der Waals surface area contributed by atoms with Crippen molar-refractivity contribution in [3.05, 3.63) is 46.5 Å². The number of epoxide rings is 1. The summed E-state index contributed by atoms with van der Waals surface area (Å²) in [7, 11) is 7.99. The molecule has 4 bridgehead atoms. The van der Waals surface area contributed by atoms with Gasteiger partial charge in [-0.05, 0) is 90.3 Å². The number of aliphatic hydroxyl groups is 1. The third-order valence-corrected chi connectivity index (χ3v) is 20.3. The standard InChI is InChI=1S/C59H92ClN3O10S2/c1-12-45-29-23-26-40(3)34-43-35-46(53(60)48(36-43)70-11)63(10)52(66)37-50(58(8)54(73-58)41(4)49-38-59(45,69)61-56(68)71-49)72-55(67)42(5)62(9)51(65)31-33-74-75-57(6,7)32-30-47(64)44-27-21-17-13-15-19-24-39(2)25-20-16-14-18-22-28-44/h23,26,29,35-36,39,41-42,44-45,49-50,54,69H,12-22,24-25,27-28,30-34,37-38H2,1-11H3,(H,61,68)/b29-23+,40-26+/t39?,41-,42+,44?,45-,49+,50+,54+,58+,59+/m0/s1. The Morgan fingerprint density at radius 1 is 1.00 bits per heavy atom. The number of esters is 1. The zero-order valence-corrected chi connectivity index (χ0v) is 49.7. The first-order valence-electron chi connectivity index (χ1n) is 28.2. The quantitative estimate of drug-likeness (QED) is 0.0785. The normalized spacial score (nSPS) is 30.5. The van der Waals surface area contributed by atoms with Crippen molar-refractivity contribution in [1.29, 1.82) is 0 Å². The second-order valence-electron chi connectivity index (χ2n) is 23.1. The SMILES string of the molecule is CC[C@H]1/C=C/C=C(\C)Cc2cc(OC)c(Cl)c(c2)N(C)C(=O)C[C@@H](OC(=O)[C@@H](C)N(C)C(=O)CCSSC(C)(C)CCC(=O)C2CCCCCCCC(C)CCCCCCC2)[C@@]2(C)O[C@@H]2[C@@H](C)[C@H]2C[C@]1(O)NC(=O)O2. The van der Waals surface area contributed by atoms with Crippen molar-refractivity contribution in [3.8, 4) is 5.75 Å². The number of benzene rings is 1. The number of amides is 3. The molecule has 3 fully saturated rings. The van der Waals surface area contributed by atoms with Crippen LogP contribution in [0, 0.1) is 23.7 Å². The minimum atomic E-state index is -1.62. The molecular formula is C59H92ClN3O10S2. The van der Waals surface area contributed by atoms with E-state index in [1.54, 1.807) is 49.5 Å². The molecule has 422 valence electrons. The molecule has 4 aliphatic rings. The van der Waals surface area contributed by atoms with Gasteiger partial charge in [-0.15, -0.1) is 0 Å². The lowest BCUT2D eigenvalue weighted by Gasteiger charge is -2.42. The smallest absolute Gasteiger partial charge is 0.409 e. The fourth-order valence-corrected chi connectivity index (χ4v) is 14.0. The van der Waals surface area contributed by atoms with E-state index in [-0.39, 0.29) is 40.9 Å². The number of alkyl carbamates (subject to hydrolysis) is 1. The molecule has 2 saturated heterocycles. The molecule has 3 aliphatic heterocycles. The summed E-state index contributed by atoms with van der Waals surface area (Å²) in [4.78, 5) is 71.9. The lowest BCUT2D eigenvalue weighted by atomic mass is 9.80. The zero-order chi connectivity index (χ0) is 55.1. The number of nitrogens with zero attached hydrogens (tertiary/aromatic N) is 2. The maximum absolute atomic E-state index is 14.4. The minimum Gasteiger partial charge on any atom is -0.495 e. The van der Waals surface area contributed by atoms with Gasteiger partial charge in [0.2, 0.25) is 11.8 Å². The van der Waals surface area contributed by atoms with Gasteiger partial charge in [-0.25, -0.2) is 9.59 Å². The number of halogens is 1. The Labute approximate surface area is 462 Å². The number of fused-ring (bicyclic) bond motifs is 5. The van der Waals surface area contributed by atoms with Crippen molar-refractivity contribution in [2.45, 2.75) is 231 Å². The Bertz CT molecular complexity index is 2140. The Morgan fingerprint density at radius 2 is 1.63 bits per heavy atom. The summed E-state index contributed by atoms with van der Waals surface area (Å²) in [6.45, 7) is 15.9. The molecule has 5 rings (SSSR count). The van der Waals surface area contributed by atoms with E-state index in [4.69, 9.17) is 30.5 Å². The summed E-state index contributed by atoms with van der Waals surface area (Å²) in [6, 6.07) is 2.65. The molecule has 0 unspecified atom stereocenters. The van der Waals surface area contributed by atoms with E-state index < -0.39 is 65.5 Å². The second kappa shape index (κ2) is 29.1. The molecule has 0 aromatic heterocycles. The van der Waals surface area contributed by atoms with Crippen molar-refractivity contribution in [1.82, 2.24) is 10.2 Å². The molecule has 3 heterocycles. The van der Waals surface area contributed by atoms with Crippen LogP contribution in [0.1, 0.15) is 189 Å². The van der Waals surface area contributed by atoms with Gasteiger partial charge < -0.3 is 33.9 Å². The number of carbonyl (C=O) groups excluding carboxylic acids is 5. The van der Waals surface area contributed by atoms with Crippen LogP contribution in [-0.4, -0.2) is 107 Å². The minimum absolute atomic E-state index is 0.0651. The fourth-order valence-electron chi connectivity index (χ4n) is 11.1. The van der Waals surface area contributed by atoms with Gasteiger partial charge >= 0.3 is 12.1 Å². The van der Waals surface area contributed by atoms with Gasteiger partial charge in [0.25, 0.3) is 0 Å². The van der Waals surface area contributed by atoms with Crippen LogP contribution in [0.4, 0.5) is 10.5 Å². The van der Waals surface area contributed by atoms with Gasteiger partial charge in [0.1, 0.15) is 46.1 Å². The van der Waals surface area contributed by atoms with Crippen molar-refractivity contribution in [2.75, 3.05) is 31.9 Å². The van der Waals surface area contributed by atoms with Gasteiger partial charge in [0.05, 0.1) is 25.3 Å². The number of ketones is 1. The van der Waals surface area contributed by atoms with Crippen LogP contribution in [0.2, 0.25) is 5.02 Å². The summed E-state index contributed by atoms with van der Waals surface area (Å²) in [6.07, 6.45) is 21.8. The third kappa shape index (κ3) is 18.2. The molecule has 2 N–H and O–H groups in total. The number of hydrogen-bond donors (Lipinski definition) is 2. The molecule has 13 nitrogen and oxygen atoms in total. The van der Waals surface area contributed by atoms with Crippen LogP contribution in [0.5, 0.6) is 5.75 Å². The van der Waals surface area contributed by atoms with E-state index in [1.807, 2.05) is 51.1 Å². The first-order valence-corrected chi connectivity index (χ1v) is 30.9. The summed E-state index contributed by atoms with van der Waals surface area (Å²) < 4.78 is 23.9. The van der Waals surface area contributed by atoms with E-state index in [1.165, 1.54) is 81.1 Å². The molecule has 0 spiro atoms. The largest absolute Gasteiger partial charge is 0.495 e. The number of likely N-dealkylation sites (N-methyl/N-ethyl adjacent to an activating group) is 1. The van der Waals surface area contributed by atoms with Crippen molar-refractivity contribution in [2.24, 2.45) is 23.7 Å². The van der Waals surface area contributed by atoms with Gasteiger partial charge in [0.15, 0.2) is 0 Å². The van der Waals surface area contributed by atoms with Crippen LogP contribution in [-0.2, 0) is 39.8 Å². The number of carbonyl (C=O) groups is 5. The van der Waals surface area contributed by atoms with E-state index in [9.17, 15) is 29.1 Å². The Morgan fingerprint density at radius 3 is 2.25 bits per heavy atom. The number of allylic oxidation sites excluding steroid dienone is 3. The fraction of sp³-hybridized carbons (Fsp3) is 0.746. The summed E-state index contributed by atoms with van der Waals surface area (Å²) in [5, 5.41) is 14.9. The monoisotopic (exact) mass is 1100 g/mol. The van der Waals surface area contributed by atoms with E-state index in [2.05, 4.69) is 26.1 Å². The van der Waals surface area contributed by atoms with Gasteiger partial charge in [-0.3, -0.25) is 19.7 Å².